The molecule has 0 heterocycles. The standard InChI is InChI=1S/C24H21ClO4/c1-17-7-3-4-8-19(17)16-28-22-13-11-18(15-23(22)27-2)12-14-24(26)29-21-10-6-5-9-20(21)25/h3-15H,16H2,1-2H3/b14-12+. The summed E-state index contributed by atoms with van der Waals surface area (Å²) in [6.45, 7) is 2.49. The summed E-state index contributed by atoms with van der Waals surface area (Å²) in [7, 11) is 1.58. The van der Waals surface area contributed by atoms with Crippen LogP contribution in [0.3, 0.4) is 0 Å². The lowest BCUT2D eigenvalue weighted by atomic mass is 10.1. The Bertz CT molecular complexity index is 1030. The van der Waals surface area contributed by atoms with Crippen molar-refractivity contribution in [2.45, 2.75) is 13.5 Å². The number of aryl methyl sites for hydroxylation is 1. The van der Waals surface area contributed by atoms with Crippen LogP contribution >= 0.6 is 11.6 Å². The molecule has 0 aromatic heterocycles. The van der Waals surface area contributed by atoms with Crippen LogP contribution in [0.25, 0.3) is 6.08 Å². The van der Waals surface area contributed by atoms with E-state index in [4.69, 9.17) is 25.8 Å². The minimum Gasteiger partial charge on any atom is -0.493 e. The van der Waals surface area contributed by atoms with Gasteiger partial charge >= 0.3 is 5.97 Å². The maximum Gasteiger partial charge on any atom is 0.336 e. The molecule has 0 aliphatic carbocycles. The van der Waals surface area contributed by atoms with Crippen LogP contribution in [-0.2, 0) is 11.4 Å². The van der Waals surface area contributed by atoms with Gasteiger partial charge in [0, 0.05) is 6.08 Å². The number of carbonyl (C=O) groups is 1. The third kappa shape index (κ3) is 5.62. The van der Waals surface area contributed by atoms with Gasteiger partial charge in [-0.1, -0.05) is 54.1 Å². The molecule has 148 valence electrons. The van der Waals surface area contributed by atoms with Crippen molar-refractivity contribution < 1.29 is 19.0 Å². The van der Waals surface area contributed by atoms with Gasteiger partial charge in [-0.05, 0) is 54.0 Å². The second-order valence-electron chi connectivity index (χ2n) is 6.31. The highest BCUT2D eigenvalue weighted by molar-refractivity contribution is 6.32. The average Bonchev–Trinajstić information content (AvgIpc) is 2.73. The molecule has 0 unspecified atom stereocenters. The van der Waals surface area contributed by atoms with E-state index in [1.54, 1.807) is 43.5 Å². The Kier molecular flexibility index (Phi) is 6.93. The van der Waals surface area contributed by atoms with Crippen molar-refractivity contribution in [3.05, 3.63) is 94.5 Å². The third-order valence-electron chi connectivity index (χ3n) is 4.29. The van der Waals surface area contributed by atoms with Gasteiger partial charge in [-0.2, -0.15) is 0 Å². The number of para-hydroxylation sites is 1. The molecule has 0 amide bonds. The molecule has 0 atom stereocenters. The van der Waals surface area contributed by atoms with Crippen molar-refractivity contribution in [2.75, 3.05) is 7.11 Å². The molecule has 3 aromatic rings. The van der Waals surface area contributed by atoms with Crippen LogP contribution in [-0.4, -0.2) is 13.1 Å². The first-order chi connectivity index (χ1) is 14.1. The summed E-state index contributed by atoms with van der Waals surface area (Å²) in [6, 6.07) is 20.3. The molecule has 0 radical (unpaired) electrons. The fourth-order valence-corrected chi connectivity index (χ4v) is 2.84. The number of carbonyl (C=O) groups excluding carboxylic acids is 1. The van der Waals surface area contributed by atoms with Crippen LogP contribution < -0.4 is 14.2 Å². The second kappa shape index (κ2) is 9.80. The molecule has 0 bridgehead atoms. The van der Waals surface area contributed by atoms with Crippen molar-refractivity contribution in [1.82, 2.24) is 0 Å². The first-order valence-electron chi connectivity index (χ1n) is 9.06. The highest BCUT2D eigenvalue weighted by Crippen LogP contribution is 2.30. The van der Waals surface area contributed by atoms with E-state index in [2.05, 4.69) is 0 Å². The predicted molar refractivity (Wildman–Crippen MR) is 115 cm³/mol. The van der Waals surface area contributed by atoms with Crippen molar-refractivity contribution in [3.63, 3.8) is 0 Å². The van der Waals surface area contributed by atoms with E-state index in [0.29, 0.717) is 28.9 Å². The zero-order valence-electron chi connectivity index (χ0n) is 16.2. The van der Waals surface area contributed by atoms with Crippen LogP contribution in [0, 0.1) is 6.92 Å². The van der Waals surface area contributed by atoms with Crippen LogP contribution in [0.1, 0.15) is 16.7 Å². The largest absolute Gasteiger partial charge is 0.493 e. The number of esters is 1. The van der Waals surface area contributed by atoms with E-state index in [-0.39, 0.29) is 0 Å². The molecule has 0 saturated heterocycles. The van der Waals surface area contributed by atoms with E-state index in [0.717, 1.165) is 11.1 Å². The monoisotopic (exact) mass is 408 g/mol. The number of hydrogen-bond donors (Lipinski definition) is 0. The third-order valence-corrected chi connectivity index (χ3v) is 4.60. The molecule has 0 spiro atoms. The first-order valence-corrected chi connectivity index (χ1v) is 9.44. The normalized spacial score (nSPS) is 10.7. The summed E-state index contributed by atoms with van der Waals surface area (Å²) < 4.78 is 16.6. The molecular formula is C24H21ClO4. The van der Waals surface area contributed by atoms with Crippen LogP contribution in [0.4, 0.5) is 0 Å². The molecule has 0 fully saturated rings. The first kappa shape index (κ1) is 20.5. The highest BCUT2D eigenvalue weighted by atomic mass is 35.5. The lowest BCUT2D eigenvalue weighted by Crippen LogP contribution is -2.04. The zero-order valence-corrected chi connectivity index (χ0v) is 17.0. The van der Waals surface area contributed by atoms with Gasteiger partial charge in [0.15, 0.2) is 11.5 Å². The minimum absolute atomic E-state index is 0.321. The molecule has 3 rings (SSSR count). The summed E-state index contributed by atoms with van der Waals surface area (Å²) in [6.07, 6.45) is 2.98. The molecule has 0 saturated carbocycles. The van der Waals surface area contributed by atoms with Crippen LogP contribution in [0.5, 0.6) is 17.2 Å². The highest BCUT2D eigenvalue weighted by Gasteiger charge is 2.08. The molecule has 29 heavy (non-hydrogen) atoms. The molecule has 5 heteroatoms. The fourth-order valence-electron chi connectivity index (χ4n) is 2.67. The molecule has 0 aliphatic heterocycles. The smallest absolute Gasteiger partial charge is 0.336 e. The SMILES string of the molecule is COc1cc(/C=C/C(=O)Oc2ccccc2Cl)ccc1OCc1ccccc1C. The Morgan fingerprint density at radius 1 is 0.966 bits per heavy atom. The van der Waals surface area contributed by atoms with E-state index in [1.165, 1.54) is 11.6 Å². The molecule has 0 N–H and O–H groups in total. The van der Waals surface area contributed by atoms with E-state index in [1.807, 2.05) is 43.3 Å². The molecule has 4 nitrogen and oxygen atoms in total. The fraction of sp³-hybridized carbons (Fsp3) is 0.125. The van der Waals surface area contributed by atoms with Gasteiger partial charge in [-0.15, -0.1) is 0 Å². The number of ether oxygens (including phenoxy) is 3. The lowest BCUT2D eigenvalue weighted by molar-refractivity contribution is -0.128. The summed E-state index contributed by atoms with van der Waals surface area (Å²) in [5, 5.41) is 0.381. The van der Waals surface area contributed by atoms with Crippen LogP contribution in [0.2, 0.25) is 5.02 Å². The number of methoxy groups -OCH3 is 1. The Morgan fingerprint density at radius 3 is 2.48 bits per heavy atom. The molecule has 0 aliphatic rings. The van der Waals surface area contributed by atoms with Gasteiger partial charge in [0.05, 0.1) is 12.1 Å². The maximum atomic E-state index is 12.0. The van der Waals surface area contributed by atoms with Gasteiger partial charge < -0.3 is 14.2 Å². The molecule has 3 aromatic carbocycles. The Labute approximate surface area is 175 Å². The number of benzene rings is 3. The van der Waals surface area contributed by atoms with E-state index >= 15 is 0 Å². The van der Waals surface area contributed by atoms with Gasteiger partial charge in [0.25, 0.3) is 0 Å². The minimum atomic E-state index is -0.517. The lowest BCUT2D eigenvalue weighted by Gasteiger charge is -2.12. The number of rotatable bonds is 7. The van der Waals surface area contributed by atoms with Crippen molar-refractivity contribution in [2.24, 2.45) is 0 Å². The van der Waals surface area contributed by atoms with Gasteiger partial charge in [-0.3, -0.25) is 0 Å². The van der Waals surface area contributed by atoms with Gasteiger partial charge in [0.2, 0.25) is 0 Å². The number of hydrogen-bond acceptors (Lipinski definition) is 4. The Balaban J connectivity index is 1.66. The Morgan fingerprint density at radius 2 is 1.72 bits per heavy atom. The molecular weight excluding hydrogens is 388 g/mol. The topological polar surface area (TPSA) is 44.8 Å². The van der Waals surface area contributed by atoms with E-state index < -0.39 is 5.97 Å². The van der Waals surface area contributed by atoms with Crippen molar-refractivity contribution >= 4 is 23.6 Å². The summed E-state index contributed by atoms with van der Waals surface area (Å²) in [5.74, 6) is 1.02. The van der Waals surface area contributed by atoms with Gasteiger partial charge in [0.1, 0.15) is 12.4 Å². The summed E-state index contributed by atoms with van der Waals surface area (Å²) >= 11 is 5.99. The van der Waals surface area contributed by atoms with E-state index in [9.17, 15) is 4.79 Å². The maximum absolute atomic E-state index is 12.0. The average molecular weight is 409 g/mol. The Hall–Kier alpha value is -3.24. The summed E-state index contributed by atoms with van der Waals surface area (Å²) in [4.78, 5) is 12.0. The van der Waals surface area contributed by atoms with Gasteiger partial charge in [-0.25, -0.2) is 4.79 Å². The van der Waals surface area contributed by atoms with Crippen molar-refractivity contribution in [3.8, 4) is 17.2 Å². The second-order valence-corrected chi connectivity index (χ2v) is 6.72. The number of halogens is 1. The summed E-state index contributed by atoms with van der Waals surface area (Å²) in [5.41, 5.74) is 3.06. The predicted octanol–water partition coefficient (Wildman–Crippen LogP) is 5.85. The van der Waals surface area contributed by atoms with Crippen LogP contribution in [0.15, 0.2) is 72.8 Å². The zero-order chi connectivity index (χ0) is 20.6. The van der Waals surface area contributed by atoms with Crippen molar-refractivity contribution in [1.29, 1.82) is 0 Å². The quantitative estimate of drug-likeness (QED) is 0.279.